The maximum atomic E-state index is 13.7. The molecular weight excluding hydrogens is 408 g/mol. The summed E-state index contributed by atoms with van der Waals surface area (Å²) in [6.45, 7) is 4.43. The van der Waals surface area contributed by atoms with Gasteiger partial charge < -0.3 is 18.7 Å². The number of nitrogens with zero attached hydrogens (tertiary/aromatic N) is 2. The number of aryl methyl sites for hydroxylation is 2. The Kier molecular flexibility index (Phi) is 5.29. The third-order valence-corrected chi connectivity index (χ3v) is 6.71. The number of ether oxygens (including phenoxy) is 3. The lowest BCUT2D eigenvalue weighted by Gasteiger charge is -2.26. The molecular formula is C21H22N2O6S. The summed E-state index contributed by atoms with van der Waals surface area (Å²) in [5.74, 6) is 2.15. The predicted molar refractivity (Wildman–Crippen MR) is 110 cm³/mol. The minimum absolute atomic E-state index is 0.0737. The molecule has 2 heterocycles. The van der Waals surface area contributed by atoms with Crippen LogP contribution in [-0.4, -0.2) is 33.9 Å². The summed E-state index contributed by atoms with van der Waals surface area (Å²) in [5, 5.41) is 3.95. The zero-order valence-corrected chi connectivity index (χ0v) is 17.7. The molecule has 0 spiro atoms. The molecule has 0 radical (unpaired) electrons. The lowest BCUT2D eigenvalue weighted by molar-refractivity contribution is 0.171. The van der Waals surface area contributed by atoms with E-state index in [1.54, 1.807) is 51.3 Å². The molecule has 0 unspecified atom stereocenters. The molecule has 0 N–H and O–H groups in total. The zero-order valence-electron chi connectivity index (χ0n) is 16.9. The molecule has 0 saturated carbocycles. The molecule has 9 heteroatoms. The Bertz CT molecular complexity index is 1140. The molecule has 1 aromatic heterocycles. The molecule has 1 aliphatic heterocycles. The van der Waals surface area contributed by atoms with Gasteiger partial charge in [0.1, 0.15) is 24.7 Å². The first-order valence-electron chi connectivity index (χ1n) is 9.38. The van der Waals surface area contributed by atoms with Crippen molar-refractivity contribution < 1.29 is 27.2 Å². The minimum Gasteiger partial charge on any atom is -0.497 e. The largest absolute Gasteiger partial charge is 0.497 e. The summed E-state index contributed by atoms with van der Waals surface area (Å²) in [7, 11) is -2.37. The number of sulfonamides is 1. The average Bonchev–Trinajstić information content (AvgIpc) is 3.09. The Morgan fingerprint density at radius 3 is 2.37 bits per heavy atom. The van der Waals surface area contributed by atoms with Gasteiger partial charge in [0.15, 0.2) is 11.5 Å². The van der Waals surface area contributed by atoms with Gasteiger partial charge in [0.2, 0.25) is 0 Å². The fraction of sp³-hybridized carbons (Fsp3) is 0.286. The van der Waals surface area contributed by atoms with Gasteiger partial charge >= 0.3 is 0 Å². The van der Waals surface area contributed by atoms with E-state index in [0.717, 1.165) is 0 Å². The van der Waals surface area contributed by atoms with E-state index in [1.807, 2.05) is 0 Å². The fourth-order valence-corrected chi connectivity index (χ4v) is 4.69. The molecule has 30 heavy (non-hydrogen) atoms. The highest BCUT2D eigenvalue weighted by atomic mass is 32.2. The van der Waals surface area contributed by atoms with Crippen molar-refractivity contribution in [3.63, 3.8) is 0 Å². The van der Waals surface area contributed by atoms with Gasteiger partial charge in [-0.2, -0.15) is 0 Å². The number of rotatable bonds is 6. The normalized spacial score (nSPS) is 13.2. The smallest absolute Gasteiger partial charge is 0.264 e. The van der Waals surface area contributed by atoms with Crippen LogP contribution in [0.4, 0.5) is 5.69 Å². The lowest BCUT2D eigenvalue weighted by atomic mass is 10.2. The molecule has 0 aliphatic carbocycles. The van der Waals surface area contributed by atoms with Crippen molar-refractivity contribution >= 4 is 15.7 Å². The summed E-state index contributed by atoms with van der Waals surface area (Å²) >= 11 is 0. The number of hydrogen-bond donors (Lipinski definition) is 0. The number of aromatic nitrogens is 1. The molecule has 158 valence electrons. The number of fused-ring (bicyclic) bond motifs is 1. The van der Waals surface area contributed by atoms with Crippen LogP contribution < -0.4 is 18.5 Å². The van der Waals surface area contributed by atoms with E-state index in [-0.39, 0.29) is 11.4 Å². The topological polar surface area (TPSA) is 91.1 Å². The highest BCUT2D eigenvalue weighted by Crippen LogP contribution is 2.35. The summed E-state index contributed by atoms with van der Waals surface area (Å²) in [6, 6.07) is 11.5. The van der Waals surface area contributed by atoms with Crippen molar-refractivity contribution in [3.8, 4) is 17.2 Å². The van der Waals surface area contributed by atoms with Gasteiger partial charge in [0, 0.05) is 11.6 Å². The maximum Gasteiger partial charge on any atom is 0.264 e. The molecule has 0 saturated heterocycles. The van der Waals surface area contributed by atoms with E-state index < -0.39 is 10.0 Å². The molecule has 0 atom stereocenters. The highest BCUT2D eigenvalue weighted by molar-refractivity contribution is 7.92. The van der Waals surface area contributed by atoms with Gasteiger partial charge in [-0.1, -0.05) is 5.16 Å². The van der Waals surface area contributed by atoms with Crippen molar-refractivity contribution in [3.05, 3.63) is 59.5 Å². The Morgan fingerprint density at radius 2 is 1.73 bits per heavy atom. The molecule has 0 fully saturated rings. The van der Waals surface area contributed by atoms with Gasteiger partial charge in [-0.25, -0.2) is 8.42 Å². The first kappa shape index (κ1) is 20.1. The minimum atomic E-state index is -3.93. The molecule has 8 nitrogen and oxygen atoms in total. The Hall–Kier alpha value is -3.20. The Balaban J connectivity index is 1.79. The van der Waals surface area contributed by atoms with Crippen molar-refractivity contribution in [2.24, 2.45) is 0 Å². The lowest BCUT2D eigenvalue weighted by Crippen LogP contribution is -2.31. The van der Waals surface area contributed by atoms with Crippen LogP contribution in [0.3, 0.4) is 0 Å². The van der Waals surface area contributed by atoms with Gasteiger partial charge in [0.05, 0.1) is 29.9 Å². The third-order valence-electron chi connectivity index (χ3n) is 4.94. The molecule has 0 bridgehead atoms. The van der Waals surface area contributed by atoms with Crippen LogP contribution in [0.1, 0.15) is 17.0 Å². The summed E-state index contributed by atoms with van der Waals surface area (Å²) in [5.41, 5.74) is 1.85. The molecule has 1 aliphatic rings. The maximum absolute atomic E-state index is 13.7. The zero-order chi connectivity index (χ0) is 21.3. The van der Waals surface area contributed by atoms with Crippen molar-refractivity contribution in [1.29, 1.82) is 0 Å². The average molecular weight is 430 g/mol. The number of methoxy groups -OCH3 is 1. The third kappa shape index (κ3) is 3.68. The van der Waals surface area contributed by atoms with E-state index in [9.17, 15) is 8.42 Å². The van der Waals surface area contributed by atoms with Gasteiger partial charge in [0.25, 0.3) is 10.0 Å². The Morgan fingerprint density at radius 1 is 1.03 bits per heavy atom. The Labute approximate surface area is 175 Å². The first-order valence-corrected chi connectivity index (χ1v) is 10.8. The van der Waals surface area contributed by atoms with Crippen molar-refractivity contribution in [2.45, 2.75) is 25.3 Å². The van der Waals surface area contributed by atoms with Gasteiger partial charge in [-0.05, 0) is 50.2 Å². The van der Waals surface area contributed by atoms with E-state index in [2.05, 4.69) is 5.16 Å². The van der Waals surface area contributed by atoms with Crippen molar-refractivity contribution in [2.75, 3.05) is 24.6 Å². The summed E-state index contributed by atoms with van der Waals surface area (Å²) < 4.78 is 50.2. The van der Waals surface area contributed by atoms with Crippen LogP contribution in [0.5, 0.6) is 17.2 Å². The SMILES string of the molecule is COc1ccc(N(Cc2c(C)noc2C)S(=O)(=O)c2ccc3c(c2)OCCO3)cc1. The second-order valence-electron chi connectivity index (χ2n) is 6.82. The summed E-state index contributed by atoms with van der Waals surface area (Å²) in [6.07, 6.45) is 0. The number of hydrogen-bond acceptors (Lipinski definition) is 7. The first-order chi connectivity index (χ1) is 14.4. The van der Waals surface area contributed by atoms with Crippen LogP contribution in [0.25, 0.3) is 0 Å². The van der Waals surface area contributed by atoms with E-state index in [4.69, 9.17) is 18.7 Å². The summed E-state index contributed by atoms with van der Waals surface area (Å²) in [4.78, 5) is 0.106. The highest BCUT2D eigenvalue weighted by Gasteiger charge is 2.29. The predicted octanol–water partition coefficient (Wildman–Crippen LogP) is 3.47. The molecule has 3 aromatic rings. The number of benzene rings is 2. The van der Waals surface area contributed by atoms with Crippen molar-refractivity contribution in [1.82, 2.24) is 5.16 Å². The number of anilines is 1. The second kappa shape index (κ2) is 7.91. The van der Waals surface area contributed by atoms with Crippen LogP contribution in [0.15, 0.2) is 51.9 Å². The van der Waals surface area contributed by atoms with Crippen LogP contribution in [0, 0.1) is 13.8 Å². The molecule has 0 amide bonds. The molecule has 4 rings (SSSR count). The van der Waals surface area contributed by atoms with Crippen LogP contribution in [-0.2, 0) is 16.6 Å². The quantitative estimate of drug-likeness (QED) is 0.591. The van der Waals surface area contributed by atoms with Crippen LogP contribution >= 0.6 is 0 Å². The fourth-order valence-electron chi connectivity index (χ4n) is 3.25. The molecule has 2 aromatic carbocycles. The second-order valence-corrected chi connectivity index (χ2v) is 8.68. The standard InChI is InChI=1S/C21H22N2O6S/c1-14-19(15(2)29-22-14)13-23(16-4-6-17(26-3)7-5-16)30(24,25)18-8-9-20-21(12-18)28-11-10-27-20/h4-9,12H,10-11,13H2,1-3H3. The van der Waals surface area contributed by atoms with Gasteiger partial charge in [-0.3, -0.25) is 4.31 Å². The van der Waals surface area contributed by atoms with E-state index in [0.29, 0.717) is 53.2 Å². The van der Waals surface area contributed by atoms with Gasteiger partial charge in [-0.15, -0.1) is 0 Å². The van der Waals surface area contributed by atoms with E-state index in [1.165, 1.54) is 16.4 Å². The van der Waals surface area contributed by atoms with Crippen LogP contribution in [0.2, 0.25) is 0 Å². The monoisotopic (exact) mass is 430 g/mol. The van der Waals surface area contributed by atoms with E-state index >= 15 is 0 Å².